The first-order valence-corrected chi connectivity index (χ1v) is 10.5. The molecule has 1 saturated heterocycles. The van der Waals surface area contributed by atoms with Crippen LogP contribution in [0.5, 0.6) is 5.75 Å². The average Bonchev–Trinajstić information content (AvgIpc) is 3.23. The lowest BCUT2D eigenvalue weighted by molar-refractivity contribution is -0.130. The molecule has 2 aromatic rings. The van der Waals surface area contributed by atoms with Crippen LogP contribution < -0.4 is 4.74 Å². The van der Waals surface area contributed by atoms with Crippen molar-refractivity contribution in [2.24, 2.45) is 0 Å². The van der Waals surface area contributed by atoms with Crippen molar-refractivity contribution in [1.82, 2.24) is 9.80 Å². The number of likely N-dealkylation sites (tertiary alicyclic amines) is 1. The van der Waals surface area contributed by atoms with Gasteiger partial charge in [0.2, 0.25) is 5.91 Å². The summed E-state index contributed by atoms with van der Waals surface area (Å²) in [4.78, 5) is 17.4. The summed E-state index contributed by atoms with van der Waals surface area (Å²) in [5.74, 6) is 1.18. The number of hydrogen-bond acceptors (Lipinski definition) is 3. The second kappa shape index (κ2) is 8.78. The molecular formula is C24H30N2O2. The molecule has 2 aliphatic heterocycles. The summed E-state index contributed by atoms with van der Waals surface area (Å²) in [6.07, 6.45) is 3.51. The SMILES string of the molecule is CCOc1ccccc1CCC(=O)N1CCC(N2CCc3ccccc3C2)C1. The summed E-state index contributed by atoms with van der Waals surface area (Å²) in [7, 11) is 0. The fourth-order valence-electron chi connectivity index (χ4n) is 4.50. The third-order valence-electron chi connectivity index (χ3n) is 6.07. The van der Waals surface area contributed by atoms with Gasteiger partial charge in [-0.2, -0.15) is 0 Å². The highest BCUT2D eigenvalue weighted by Crippen LogP contribution is 2.25. The Morgan fingerprint density at radius 1 is 1.07 bits per heavy atom. The zero-order valence-corrected chi connectivity index (χ0v) is 16.8. The molecule has 1 fully saturated rings. The summed E-state index contributed by atoms with van der Waals surface area (Å²) in [6.45, 7) is 6.52. The van der Waals surface area contributed by atoms with Gasteiger partial charge in [-0.05, 0) is 48.9 Å². The Kier molecular flexibility index (Phi) is 5.96. The van der Waals surface area contributed by atoms with Crippen molar-refractivity contribution >= 4 is 5.91 Å². The van der Waals surface area contributed by atoms with Crippen molar-refractivity contribution in [3.05, 3.63) is 65.2 Å². The second-order valence-electron chi connectivity index (χ2n) is 7.81. The Labute approximate surface area is 168 Å². The molecule has 0 N–H and O–H groups in total. The van der Waals surface area contributed by atoms with E-state index in [1.807, 2.05) is 25.1 Å². The van der Waals surface area contributed by atoms with E-state index in [9.17, 15) is 4.79 Å². The number of nitrogens with zero attached hydrogens (tertiary/aromatic N) is 2. The lowest BCUT2D eigenvalue weighted by Crippen LogP contribution is -2.41. The fourth-order valence-corrected chi connectivity index (χ4v) is 4.50. The van der Waals surface area contributed by atoms with Gasteiger partial charge >= 0.3 is 0 Å². The van der Waals surface area contributed by atoms with Crippen LogP contribution in [0.3, 0.4) is 0 Å². The third kappa shape index (κ3) is 4.22. The lowest BCUT2D eigenvalue weighted by Gasteiger charge is -2.33. The van der Waals surface area contributed by atoms with Crippen molar-refractivity contribution < 1.29 is 9.53 Å². The van der Waals surface area contributed by atoms with Gasteiger partial charge in [-0.15, -0.1) is 0 Å². The zero-order chi connectivity index (χ0) is 19.3. The molecule has 4 rings (SSSR count). The van der Waals surface area contributed by atoms with Crippen LogP contribution in [0.25, 0.3) is 0 Å². The van der Waals surface area contributed by atoms with Gasteiger partial charge < -0.3 is 9.64 Å². The number of carbonyl (C=O) groups is 1. The molecule has 4 nitrogen and oxygen atoms in total. The normalized spacial score (nSPS) is 19.5. The molecule has 4 heteroatoms. The molecular weight excluding hydrogens is 348 g/mol. The number of hydrogen-bond donors (Lipinski definition) is 0. The van der Waals surface area contributed by atoms with E-state index in [2.05, 4.69) is 40.1 Å². The van der Waals surface area contributed by atoms with E-state index in [0.29, 0.717) is 19.1 Å². The maximum atomic E-state index is 12.8. The quantitative estimate of drug-likeness (QED) is 0.769. The molecule has 0 bridgehead atoms. The van der Waals surface area contributed by atoms with Gasteiger partial charge in [-0.1, -0.05) is 42.5 Å². The molecule has 2 heterocycles. The molecule has 2 aromatic carbocycles. The minimum absolute atomic E-state index is 0.270. The van der Waals surface area contributed by atoms with E-state index >= 15 is 0 Å². The largest absolute Gasteiger partial charge is 0.494 e. The van der Waals surface area contributed by atoms with Crippen LogP contribution in [0.1, 0.15) is 36.5 Å². The average molecular weight is 379 g/mol. The predicted octanol–water partition coefficient (Wildman–Crippen LogP) is 3.68. The van der Waals surface area contributed by atoms with Gasteiger partial charge in [0.05, 0.1) is 6.61 Å². The van der Waals surface area contributed by atoms with E-state index in [4.69, 9.17) is 4.74 Å². The maximum Gasteiger partial charge on any atom is 0.222 e. The van der Waals surface area contributed by atoms with E-state index in [1.54, 1.807) is 0 Å². The van der Waals surface area contributed by atoms with Crippen LogP contribution in [-0.4, -0.2) is 48.0 Å². The first-order chi connectivity index (χ1) is 13.7. The summed E-state index contributed by atoms with van der Waals surface area (Å²) in [5, 5.41) is 0. The van der Waals surface area contributed by atoms with Gasteiger partial charge in [0.1, 0.15) is 5.75 Å². The van der Waals surface area contributed by atoms with Crippen molar-refractivity contribution in [2.75, 3.05) is 26.2 Å². The van der Waals surface area contributed by atoms with Crippen molar-refractivity contribution in [2.45, 2.75) is 45.2 Å². The molecule has 0 radical (unpaired) electrons. The summed E-state index contributed by atoms with van der Waals surface area (Å²) in [5.41, 5.74) is 4.06. The molecule has 0 spiro atoms. The third-order valence-corrected chi connectivity index (χ3v) is 6.07. The molecule has 28 heavy (non-hydrogen) atoms. The molecule has 1 atom stereocenters. The maximum absolute atomic E-state index is 12.8. The van der Waals surface area contributed by atoms with Gasteiger partial charge in [0.25, 0.3) is 0 Å². The zero-order valence-electron chi connectivity index (χ0n) is 16.8. The lowest BCUT2D eigenvalue weighted by atomic mass is 9.98. The minimum Gasteiger partial charge on any atom is -0.494 e. The Bertz CT molecular complexity index is 820. The fraction of sp³-hybridized carbons (Fsp3) is 0.458. The smallest absolute Gasteiger partial charge is 0.222 e. The first kappa shape index (κ1) is 19.0. The van der Waals surface area contributed by atoms with Crippen molar-refractivity contribution in [1.29, 1.82) is 0 Å². The van der Waals surface area contributed by atoms with Crippen LogP contribution in [0.2, 0.25) is 0 Å². The van der Waals surface area contributed by atoms with E-state index in [-0.39, 0.29) is 5.91 Å². The minimum atomic E-state index is 0.270. The van der Waals surface area contributed by atoms with Gasteiger partial charge in [-0.25, -0.2) is 0 Å². The molecule has 2 aliphatic rings. The second-order valence-corrected chi connectivity index (χ2v) is 7.81. The highest BCUT2D eigenvalue weighted by Gasteiger charge is 2.31. The van der Waals surface area contributed by atoms with Crippen molar-refractivity contribution in [3.63, 3.8) is 0 Å². The van der Waals surface area contributed by atoms with Gasteiger partial charge in [0.15, 0.2) is 0 Å². The molecule has 0 aromatic heterocycles. The molecule has 0 saturated carbocycles. The predicted molar refractivity (Wildman–Crippen MR) is 111 cm³/mol. The highest BCUT2D eigenvalue weighted by atomic mass is 16.5. The van der Waals surface area contributed by atoms with Crippen LogP contribution in [0, 0.1) is 0 Å². The van der Waals surface area contributed by atoms with Crippen LogP contribution in [0.15, 0.2) is 48.5 Å². The number of para-hydroxylation sites is 1. The summed E-state index contributed by atoms with van der Waals surface area (Å²) < 4.78 is 5.69. The number of amides is 1. The van der Waals surface area contributed by atoms with E-state index in [0.717, 1.165) is 56.8 Å². The standard InChI is InChI=1S/C24H30N2O2/c1-2-28-23-10-6-5-8-20(23)11-12-24(27)26-16-14-22(18-26)25-15-13-19-7-3-4-9-21(19)17-25/h3-10,22H,2,11-18H2,1H3. The van der Waals surface area contributed by atoms with Crippen LogP contribution >= 0.6 is 0 Å². The topological polar surface area (TPSA) is 32.8 Å². The number of fused-ring (bicyclic) bond motifs is 1. The Hall–Kier alpha value is -2.33. The molecule has 0 aliphatic carbocycles. The van der Waals surface area contributed by atoms with Crippen LogP contribution in [0.4, 0.5) is 0 Å². The molecule has 1 amide bonds. The van der Waals surface area contributed by atoms with Crippen molar-refractivity contribution in [3.8, 4) is 5.75 Å². The summed E-state index contributed by atoms with van der Waals surface area (Å²) in [6, 6.07) is 17.3. The monoisotopic (exact) mass is 378 g/mol. The number of aryl methyl sites for hydroxylation is 1. The Morgan fingerprint density at radius 2 is 1.86 bits per heavy atom. The Morgan fingerprint density at radius 3 is 2.71 bits per heavy atom. The van der Waals surface area contributed by atoms with Gasteiger partial charge in [0, 0.05) is 38.6 Å². The van der Waals surface area contributed by atoms with Crippen LogP contribution in [-0.2, 0) is 24.2 Å². The number of benzene rings is 2. The number of rotatable bonds is 6. The Balaban J connectivity index is 1.30. The van der Waals surface area contributed by atoms with E-state index in [1.165, 1.54) is 11.1 Å². The molecule has 1 unspecified atom stereocenters. The molecule has 148 valence electrons. The highest BCUT2D eigenvalue weighted by molar-refractivity contribution is 5.77. The van der Waals surface area contributed by atoms with E-state index < -0.39 is 0 Å². The number of carbonyl (C=O) groups excluding carboxylic acids is 1. The summed E-state index contributed by atoms with van der Waals surface area (Å²) >= 11 is 0. The first-order valence-electron chi connectivity index (χ1n) is 10.5. The number of ether oxygens (including phenoxy) is 1. The van der Waals surface area contributed by atoms with Gasteiger partial charge in [-0.3, -0.25) is 9.69 Å².